The van der Waals surface area contributed by atoms with E-state index in [0.29, 0.717) is 17.7 Å². The van der Waals surface area contributed by atoms with Gasteiger partial charge in [-0.1, -0.05) is 12.1 Å². The zero-order valence-electron chi connectivity index (χ0n) is 13.1. The number of carbonyl (C=O) groups is 1. The van der Waals surface area contributed by atoms with Crippen LogP contribution in [-0.2, 0) is 0 Å². The summed E-state index contributed by atoms with van der Waals surface area (Å²) in [6, 6.07) is 8.15. The molecule has 0 unspecified atom stereocenters. The molecule has 0 radical (unpaired) electrons. The fourth-order valence-electron chi connectivity index (χ4n) is 2.22. The van der Waals surface area contributed by atoms with Crippen molar-refractivity contribution in [3.63, 3.8) is 0 Å². The van der Waals surface area contributed by atoms with Crippen LogP contribution in [0.15, 0.2) is 24.3 Å². The van der Waals surface area contributed by atoms with Gasteiger partial charge >= 0.3 is 0 Å². The Labute approximate surface area is 130 Å². The van der Waals surface area contributed by atoms with Crippen molar-refractivity contribution >= 4 is 17.5 Å². The van der Waals surface area contributed by atoms with Crippen LogP contribution in [0.1, 0.15) is 40.2 Å². The normalized spacial score (nSPS) is 13.8. The van der Waals surface area contributed by atoms with Crippen LogP contribution >= 0.6 is 0 Å². The van der Waals surface area contributed by atoms with E-state index < -0.39 is 0 Å². The first-order valence-electron chi connectivity index (χ1n) is 7.52. The lowest BCUT2D eigenvalue weighted by molar-refractivity contribution is 0.102. The molecule has 0 spiro atoms. The Balaban J connectivity index is 1.81. The Morgan fingerprint density at radius 3 is 2.64 bits per heavy atom. The monoisotopic (exact) mass is 296 g/mol. The second kappa shape index (κ2) is 5.75. The van der Waals surface area contributed by atoms with E-state index in [2.05, 4.69) is 20.6 Å². The number of anilines is 2. The van der Waals surface area contributed by atoms with Crippen LogP contribution in [0.5, 0.6) is 0 Å². The molecule has 22 heavy (non-hydrogen) atoms. The zero-order chi connectivity index (χ0) is 15.7. The predicted molar refractivity (Wildman–Crippen MR) is 87.3 cm³/mol. The van der Waals surface area contributed by atoms with E-state index >= 15 is 0 Å². The second-order valence-electron chi connectivity index (χ2n) is 5.91. The van der Waals surface area contributed by atoms with Crippen molar-refractivity contribution < 1.29 is 4.79 Å². The standard InChI is InChI=1S/C17H20N4O/c1-10-4-5-11(2)14(8-10)20-16(22)15-9-12(3)18-17(21-15)19-13-6-7-13/h4-5,8-9,13H,6-7H2,1-3H3,(H,20,22)(H,18,19,21). The number of aromatic nitrogens is 2. The summed E-state index contributed by atoms with van der Waals surface area (Å²) in [7, 11) is 0. The van der Waals surface area contributed by atoms with Gasteiger partial charge in [-0.05, 0) is 56.9 Å². The van der Waals surface area contributed by atoms with E-state index in [0.717, 1.165) is 35.3 Å². The molecule has 5 nitrogen and oxygen atoms in total. The number of rotatable bonds is 4. The lowest BCUT2D eigenvalue weighted by Crippen LogP contribution is -2.17. The molecule has 2 N–H and O–H groups in total. The Kier molecular flexibility index (Phi) is 3.79. The molecule has 1 fully saturated rings. The number of nitrogens with zero attached hydrogens (tertiary/aromatic N) is 2. The fourth-order valence-corrected chi connectivity index (χ4v) is 2.22. The molecule has 2 aromatic rings. The van der Waals surface area contributed by atoms with Gasteiger partial charge in [0.15, 0.2) is 0 Å². The molecule has 1 aliphatic rings. The van der Waals surface area contributed by atoms with Gasteiger partial charge in [-0.3, -0.25) is 4.79 Å². The van der Waals surface area contributed by atoms with Gasteiger partial charge < -0.3 is 10.6 Å². The minimum absolute atomic E-state index is 0.210. The third kappa shape index (κ3) is 3.42. The van der Waals surface area contributed by atoms with Gasteiger partial charge in [0.1, 0.15) is 5.69 Å². The van der Waals surface area contributed by atoms with Crippen LogP contribution in [0.3, 0.4) is 0 Å². The summed E-state index contributed by atoms with van der Waals surface area (Å²) in [6.07, 6.45) is 2.28. The number of aryl methyl sites for hydroxylation is 3. The molecule has 1 aromatic heterocycles. The Morgan fingerprint density at radius 1 is 1.14 bits per heavy atom. The third-order valence-electron chi connectivity index (χ3n) is 3.64. The Hall–Kier alpha value is -2.43. The maximum atomic E-state index is 12.5. The molecule has 0 atom stereocenters. The van der Waals surface area contributed by atoms with E-state index in [1.165, 1.54) is 0 Å². The summed E-state index contributed by atoms with van der Waals surface area (Å²) in [5.41, 5.74) is 4.12. The van der Waals surface area contributed by atoms with Crippen LogP contribution in [-0.4, -0.2) is 21.9 Å². The van der Waals surface area contributed by atoms with Gasteiger partial charge in [-0.25, -0.2) is 9.97 Å². The third-order valence-corrected chi connectivity index (χ3v) is 3.64. The van der Waals surface area contributed by atoms with Gasteiger partial charge in [0.2, 0.25) is 5.95 Å². The average Bonchev–Trinajstić information content (AvgIpc) is 3.26. The van der Waals surface area contributed by atoms with Crippen LogP contribution < -0.4 is 10.6 Å². The van der Waals surface area contributed by atoms with E-state index in [9.17, 15) is 4.79 Å². The number of amides is 1. The number of hydrogen-bond acceptors (Lipinski definition) is 4. The van der Waals surface area contributed by atoms with Crippen molar-refractivity contribution in [3.05, 3.63) is 46.8 Å². The highest BCUT2D eigenvalue weighted by atomic mass is 16.1. The lowest BCUT2D eigenvalue weighted by Gasteiger charge is -2.10. The maximum Gasteiger partial charge on any atom is 0.274 e. The van der Waals surface area contributed by atoms with Gasteiger partial charge in [-0.2, -0.15) is 0 Å². The molecule has 0 aliphatic heterocycles. The summed E-state index contributed by atoms with van der Waals surface area (Å²) < 4.78 is 0. The average molecular weight is 296 g/mol. The minimum Gasteiger partial charge on any atom is -0.351 e. The van der Waals surface area contributed by atoms with E-state index in [-0.39, 0.29) is 5.91 Å². The maximum absolute atomic E-state index is 12.5. The SMILES string of the molecule is Cc1ccc(C)c(NC(=O)c2cc(C)nc(NC3CC3)n2)c1. The number of benzene rings is 1. The summed E-state index contributed by atoms with van der Waals surface area (Å²) in [5, 5.41) is 6.17. The molecule has 0 bridgehead atoms. The molecule has 3 rings (SSSR count). The molecule has 0 saturated heterocycles. The highest BCUT2D eigenvalue weighted by Crippen LogP contribution is 2.23. The molecule has 1 heterocycles. The van der Waals surface area contributed by atoms with E-state index in [1.54, 1.807) is 6.07 Å². The van der Waals surface area contributed by atoms with Crippen LogP contribution in [0.4, 0.5) is 11.6 Å². The van der Waals surface area contributed by atoms with Crippen molar-refractivity contribution in [1.82, 2.24) is 9.97 Å². The van der Waals surface area contributed by atoms with Crippen molar-refractivity contribution in [2.45, 2.75) is 39.7 Å². The molecule has 5 heteroatoms. The molecule has 1 aromatic carbocycles. The van der Waals surface area contributed by atoms with Crippen LogP contribution in [0.25, 0.3) is 0 Å². The summed E-state index contributed by atoms with van der Waals surface area (Å²) in [6.45, 7) is 5.84. The first kappa shape index (κ1) is 14.5. The summed E-state index contributed by atoms with van der Waals surface area (Å²) in [4.78, 5) is 21.1. The Morgan fingerprint density at radius 2 is 1.91 bits per heavy atom. The van der Waals surface area contributed by atoms with Gasteiger partial charge in [-0.15, -0.1) is 0 Å². The fraction of sp³-hybridized carbons (Fsp3) is 0.353. The molecule has 114 valence electrons. The molecule has 1 amide bonds. The molecule has 1 aliphatic carbocycles. The van der Waals surface area contributed by atoms with Gasteiger partial charge in [0, 0.05) is 17.4 Å². The summed E-state index contributed by atoms with van der Waals surface area (Å²) >= 11 is 0. The lowest BCUT2D eigenvalue weighted by atomic mass is 10.1. The number of hydrogen-bond donors (Lipinski definition) is 2. The molecular formula is C17H20N4O. The van der Waals surface area contributed by atoms with Crippen molar-refractivity contribution in [2.75, 3.05) is 10.6 Å². The first-order chi connectivity index (χ1) is 10.5. The van der Waals surface area contributed by atoms with Gasteiger partial charge in [0.05, 0.1) is 0 Å². The van der Waals surface area contributed by atoms with Crippen molar-refractivity contribution in [3.8, 4) is 0 Å². The zero-order valence-corrected chi connectivity index (χ0v) is 13.1. The second-order valence-corrected chi connectivity index (χ2v) is 5.91. The highest BCUT2D eigenvalue weighted by molar-refractivity contribution is 6.03. The smallest absolute Gasteiger partial charge is 0.274 e. The van der Waals surface area contributed by atoms with E-state index in [4.69, 9.17) is 0 Å². The van der Waals surface area contributed by atoms with Crippen LogP contribution in [0.2, 0.25) is 0 Å². The number of carbonyl (C=O) groups excluding carboxylic acids is 1. The highest BCUT2D eigenvalue weighted by Gasteiger charge is 2.22. The largest absolute Gasteiger partial charge is 0.351 e. The number of nitrogens with one attached hydrogen (secondary N) is 2. The molecule has 1 saturated carbocycles. The van der Waals surface area contributed by atoms with E-state index in [1.807, 2.05) is 39.0 Å². The quantitative estimate of drug-likeness (QED) is 0.909. The topological polar surface area (TPSA) is 66.9 Å². The van der Waals surface area contributed by atoms with Crippen LogP contribution in [0, 0.1) is 20.8 Å². The predicted octanol–water partition coefficient (Wildman–Crippen LogP) is 3.23. The Bertz CT molecular complexity index is 723. The van der Waals surface area contributed by atoms with Crippen molar-refractivity contribution in [1.29, 1.82) is 0 Å². The molecular weight excluding hydrogens is 276 g/mol. The van der Waals surface area contributed by atoms with Gasteiger partial charge in [0.25, 0.3) is 5.91 Å². The van der Waals surface area contributed by atoms with Crippen molar-refractivity contribution in [2.24, 2.45) is 0 Å². The minimum atomic E-state index is -0.210. The summed E-state index contributed by atoms with van der Waals surface area (Å²) in [5.74, 6) is 0.326. The first-order valence-corrected chi connectivity index (χ1v) is 7.52.